The number of nitrogens with one attached hydrogen (secondary N) is 1. The van der Waals surface area contributed by atoms with Crippen LogP contribution in [0.3, 0.4) is 0 Å². The molecular formula is C16H18N2S. The molecule has 3 N–H and O–H groups in total. The van der Waals surface area contributed by atoms with Crippen LogP contribution in [0.4, 0.5) is 11.4 Å². The smallest absolute Gasteiger partial charge is 0.106 e. The van der Waals surface area contributed by atoms with Crippen molar-refractivity contribution in [2.75, 3.05) is 5.32 Å². The summed E-state index contributed by atoms with van der Waals surface area (Å²) in [5.74, 6) is 0. The zero-order valence-corrected chi connectivity index (χ0v) is 12.3. The topological polar surface area (TPSA) is 38.0 Å². The van der Waals surface area contributed by atoms with Crippen LogP contribution < -0.4 is 11.1 Å². The first-order valence-corrected chi connectivity index (χ1v) is 6.63. The summed E-state index contributed by atoms with van der Waals surface area (Å²) in [5.41, 5.74) is 12.3. The van der Waals surface area contributed by atoms with Crippen LogP contribution in [0, 0.1) is 20.8 Å². The van der Waals surface area contributed by atoms with Crippen molar-refractivity contribution in [1.29, 1.82) is 0 Å². The van der Waals surface area contributed by atoms with Gasteiger partial charge in [-0.3, -0.25) is 0 Å². The molecule has 98 valence electrons. The molecule has 2 aromatic rings. The molecule has 0 atom stereocenters. The van der Waals surface area contributed by atoms with E-state index < -0.39 is 0 Å². The largest absolute Gasteiger partial charge is 0.389 e. The summed E-state index contributed by atoms with van der Waals surface area (Å²) in [6, 6.07) is 12.3. The maximum atomic E-state index is 5.80. The molecule has 0 spiro atoms. The third-order valence-corrected chi connectivity index (χ3v) is 3.40. The predicted octanol–water partition coefficient (Wildman–Crippen LogP) is 3.99. The molecule has 0 saturated heterocycles. The SMILES string of the molecule is Cc1ccc(Nc2c(C)cccc2C)c(C(N)=S)c1. The van der Waals surface area contributed by atoms with E-state index in [1.54, 1.807) is 0 Å². The van der Waals surface area contributed by atoms with E-state index >= 15 is 0 Å². The molecule has 0 radical (unpaired) electrons. The van der Waals surface area contributed by atoms with Gasteiger partial charge in [0, 0.05) is 16.9 Å². The lowest BCUT2D eigenvalue weighted by Crippen LogP contribution is -2.12. The molecule has 2 aromatic carbocycles. The Hall–Kier alpha value is -1.87. The molecule has 3 heteroatoms. The average molecular weight is 270 g/mol. The summed E-state index contributed by atoms with van der Waals surface area (Å²) in [4.78, 5) is 0.414. The molecule has 0 aliphatic rings. The molecule has 0 aromatic heterocycles. The van der Waals surface area contributed by atoms with Gasteiger partial charge >= 0.3 is 0 Å². The number of benzene rings is 2. The lowest BCUT2D eigenvalue weighted by Gasteiger charge is -2.16. The van der Waals surface area contributed by atoms with Gasteiger partial charge < -0.3 is 11.1 Å². The fourth-order valence-electron chi connectivity index (χ4n) is 2.12. The number of aryl methyl sites for hydroxylation is 3. The molecule has 0 fully saturated rings. The summed E-state index contributed by atoms with van der Waals surface area (Å²) in [7, 11) is 0. The number of rotatable bonds is 3. The maximum Gasteiger partial charge on any atom is 0.106 e. The predicted molar refractivity (Wildman–Crippen MR) is 86.3 cm³/mol. The Morgan fingerprint density at radius 3 is 2.26 bits per heavy atom. The summed E-state index contributed by atoms with van der Waals surface area (Å²) in [5, 5.41) is 3.45. The van der Waals surface area contributed by atoms with E-state index in [1.165, 1.54) is 11.1 Å². The third kappa shape index (κ3) is 2.93. The van der Waals surface area contributed by atoms with Crippen LogP contribution >= 0.6 is 12.2 Å². The molecule has 0 heterocycles. The number of hydrogen-bond acceptors (Lipinski definition) is 2. The van der Waals surface area contributed by atoms with Crippen molar-refractivity contribution in [2.45, 2.75) is 20.8 Å². The quantitative estimate of drug-likeness (QED) is 0.828. The maximum absolute atomic E-state index is 5.80. The van der Waals surface area contributed by atoms with Crippen molar-refractivity contribution in [3.8, 4) is 0 Å². The Labute approximate surface area is 119 Å². The van der Waals surface area contributed by atoms with Crippen molar-refractivity contribution in [1.82, 2.24) is 0 Å². The minimum Gasteiger partial charge on any atom is -0.389 e. The lowest BCUT2D eigenvalue weighted by atomic mass is 10.1. The van der Waals surface area contributed by atoms with E-state index in [0.29, 0.717) is 4.99 Å². The minimum atomic E-state index is 0.414. The van der Waals surface area contributed by atoms with Gasteiger partial charge in [0.1, 0.15) is 4.99 Å². The molecule has 0 aliphatic carbocycles. The van der Waals surface area contributed by atoms with Gasteiger partial charge in [-0.2, -0.15) is 0 Å². The zero-order chi connectivity index (χ0) is 14.0. The van der Waals surface area contributed by atoms with Crippen molar-refractivity contribution in [2.24, 2.45) is 5.73 Å². The van der Waals surface area contributed by atoms with Crippen LogP contribution in [-0.2, 0) is 0 Å². The second kappa shape index (κ2) is 5.41. The second-order valence-electron chi connectivity index (χ2n) is 4.81. The number of hydrogen-bond donors (Lipinski definition) is 2. The fourth-order valence-corrected chi connectivity index (χ4v) is 2.29. The standard InChI is InChI=1S/C16H18N2S/c1-10-7-8-14(13(9-10)16(17)19)18-15-11(2)5-4-6-12(15)3/h4-9,18H,1-3H3,(H2,17,19). The molecule has 0 unspecified atom stereocenters. The van der Waals surface area contributed by atoms with Gasteiger partial charge in [0.25, 0.3) is 0 Å². The minimum absolute atomic E-state index is 0.414. The van der Waals surface area contributed by atoms with Gasteiger partial charge in [-0.15, -0.1) is 0 Å². The highest BCUT2D eigenvalue weighted by Crippen LogP contribution is 2.27. The molecule has 2 nitrogen and oxygen atoms in total. The molecular weight excluding hydrogens is 252 g/mol. The van der Waals surface area contributed by atoms with Crippen LogP contribution in [0.2, 0.25) is 0 Å². The first-order valence-electron chi connectivity index (χ1n) is 6.22. The summed E-state index contributed by atoms with van der Waals surface area (Å²) in [6.45, 7) is 6.21. The van der Waals surface area contributed by atoms with Crippen molar-refractivity contribution >= 4 is 28.6 Å². The molecule has 0 saturated carbocycles. The van der Waals surface area contributed by atoms with Crippen LogP contribution in [0.25, 0.3) is 0 Å². The van der Waals surface area contributed by atoms with Crippen molar-refractivity contribution in [3.63, 3.8) is 0 Å². The highest BCUT2D eigenvalue weighted by molar-refractivity contribution is 7.80. The van der Waals surface area contributed by atoms with E-state index in [4.69, 9.17) is 18.0 Å². The van der Waals surface area contributed by atoms with Crippen LogP contribution in [0.1, 0.15) is 22.3 Å². The summed E-state index contributed by atoms with van der Waals surface area (Å²) >= 11 is 5.13. The Balaban J connectivity index is 2.47. The lowest BCUT2D eigenvalue weighted by molar-refractivity contribution is 1.35. The van der Waals surface area contributed by atoms with Gasteiger partial charge in [0.05, 0.1) is 0 Å². The van der Waals surface area contributed by atoms with E-state index in [0.717, 1.165) is 22.5 Å². The second-order valence-corrected chi connectivity index (χ2v) is 5.24. The van der Waals surface area contributed by atoms with Crippen molar-refractivity contribution < 1.29 is 0 Å². The number of anilines is 2. The highest BCUT2D eigenvalue weighted by atomic mass is 32.1. The van der Waals surface area contributed by atoms with Gasteiger partial charge in [0.15, 0.2) is 0 Å². The van der Waals surface area contributed by atoms with Crippen molar-refractivity contribution in [3.05, 3.63) is 58.7 Å². The van der Waals surface area contributed by atoms with E-state index in [2.05, 4.69) is 43.4 Å². The van der Waals surface area contributed by atoms with E-state index in [9.17, 15) is 0 Å². The van der Waals surface area contributed by atoms with Crippen LogP contribution in [0.5, 0.6) is 0 Å². The zero-order valence-electron chi connectivity index (χ0n) is 11.4. The third-order valence-electron chi connectivity index (χ3n) is 3.18. The summed E-state index contributed by atoms with van der Waals surface area (Å²) in [6.07, 6.45) is 0. The van der Waals surface area contributed by atoms with Gasteiger partial charge in [-0.1, -0.05) is 42.0 Å². The summed E-state index contributed by atoms with van der Waals surface area (Å²) < 4.78 is 0. The molecule has 0 aliphatic heterocycles. The van der Waals surface area contributed by atoms with E-state index in [-0.39, 0.29) is 0 Å². The Morgan fingerprint density at radius 1 is 1.05 bits per heavy atom. The normalized spacial score (nSPS) is 10.3. The number of thiocarbonyl (C=S) groups is 1. The molecule has 2 rings (SSSR count). The van der Waals surface area contributed by atoms with Crippen LogP contribution in [0.15, 0.2) is 36.4 Å². The monoisotopic (exact) mass is 270 g/mol. The Morgan fingerprint density at radius 2 is 1.68 bits per heavy atom. The first-order chi connectivity index (χ1) is 8.99. The first kappa shape index (κ1) is 13.6. The van der Waals surface area contributed by atoms with Gasteiger partial charge in [-0.25, -0.2) is 0 Å². The number of nitrogens with two attached hydrogens (primary N) is 1. The highest BCUT2D eigenvalue weighted by Gasteiger charge is 2.08. The van der Waals surface area contributed by atoms with Gasteiger partial charge in [0.2, 0.25) is 0 Å². The molecule has 19 heavy (non-hydrogen) atoms. The fraction of sp³-hybridized carbons (Fsp3) is 0.188. The van der Waals surface area contributed by atoms with Gasteiger partial charge in [-0.05, 0) is 44.0 Å². The molecule has 0 bridgehead atoms. The van der Waals surface area contributed by atoms with E-state index in [1.807, 2.05) is 19.1 Å². The van der Waals surface area contributed by atoms with Crippen LogP contribution in [-0.4, -0.2) is 4.99 Å². The Bertz CT molecular complexity index is 612. The average Bonchev–Trinajstić information content (AvgIpc) is 2.35. The number of para-hydroxylation sites is 1. The Kier molecular flexibility index (Phi) is 3.86. The molecule has 0 amide bonds.